The molecular weight excluding hydrogens is 655 g/mol. The van der Waals surface area contributed by atoms with Gasteiger partial charge in [0.25, 0.3) is 0 Å². The van der Waals surface area contributed by atoms with Crippen LogP contribution in [0, 0.1) is 23.7 Å². The minimum absolute atomic E-state index is 0. The number of rotatable bonds is 21. The van der Waals surface area contributed by atoms with E-state index in [9.17, 15) is 28.8 Å². The number of primary amides is 1. The van der Waals surface area contributed by atoms with Crippen LogP contribution >= 0.6 is 54.0 Å². The van der Waals surface area contributed by atoms with Gasteiger partial charge in [0.1, 0.15) is 5.78 Å². The van der Waals surface area contributed by atoms with Gasteiger partial charge in [-0.25, -0.2) is 0 Å². The molecule has 0 rings (SSSR count). The van der Waals surface area contributed by atoms with E-state index in [1.807, 2.05) is 27.7 Å². The molecule has 0 fully saturated rings. The number of carbonyl (C=O) groups is 6. The number of carbonyl (C=O) groups excluding carboxylic acids is 6. The van der Waals surface area contributed by atoms with Crippen LogP contribution in [-0.2, 0) is 28.8 Å². The summed E-state index contributed by atoms with van der Waals surface area (Å²) in [5.74, 6) is -1.19. The van der Waals surface area contributed by atoms with E-state index in [-0.39, 0.29) is 108 Å². The summed E-state index contributed by atoms with van der Waals surface area (Å²) < 4.78 is 0. The molecule has 15 heteroatoms. The van der Waals surface area contributed by atoms with Crippen molar-refractivity contribution >= 4 is 89.1 Å². The lowest BCUT2D eigenvalue weighted by atomic mass is 9.87. The maximum Gasteiger partial charge on any atom is 0.220 e. The molecular formula is C30H65N5O6S4. The van der Waals surface area contributed by atoms with Crippen molar-refractivity contribution in [3.63, 3.8) is 0 Å². The van der Waals surface area contributed by atoms with E-state index in [4.69, 9.17) is 17.2 Å². The highest BCUT2D eigenvalue weighted by Crippen LogP contribution is 2.19. The second kappa shape index (κ2) is 32.7. The van der Waals surface area contributed by atoms with Gasteiger partial charge in [-0.1, -0.05) is 27.7 Å². The molecule has 11 nitrogen and oxygen atoms in total. The van der Waals surface area contributed by atoms with Crippen LogP contribution in [0.5, 0.6) is 0 Å². The fourth-order valence-electron chi connectivity index (χ4n) is 4.53. The minimum atomic E-state index is -0.579. The summed E-state index contributed by atoms with van der Waals surface area (Å²) in [5.41, 5.74) is 16.2. The molecule has 0 bridgehead atoms. The van der Waals surface area contributed by atoms with Gasteiger partial charge in [0.15, 0.2) is 11.6 Å². The predicted molar refractivity (Wildman–Crippen MR) is 203 cm³/mol. The molecule has 0 aromatic heterocycles. The quantitative estimate of drug-likeness (QED) is 0.111. The molecule has 0 aliphatic rings. The second-order valence-corrected chi connectivity index (χ2v) is 11.7. The Balaban J connectivity index is -0.000000155. The summed E-state index contributed by atoms with van der Waals surface area (Å²) in [6.45, 7) is 13.3. The van der Waals surface area contributed by atoms with Crippen LogP contribution in [-0.4, -0.2) is 60.2 Å². The SMILES string of the molecule is CC(=O)N[C@@H](CCCCN)C(=O)C[C@@H](CC(C)C)C(C)=O.CC(=O)N[C@@H](CCCN)C(=O)C[C@@H](CC(C)C)C(N)=O.S.S.S.S. The lowest BCUT2D eigenvalue weighted by Crippen LogP contribution is -2.42. The van der Waals surface area contributed by atoms with E-state index in [1.165, 1.54) is 20.8 Å². The first-order valence-corrected chi connectivity index (χ1v) is 14.8. The molecule has 0 aliphatic carbocycles. The van der Waals surface area contributed by atoms with Crippen molar-refractivity contribution in [1.82, 2.24) is 10.6 Å². The average Bonchev–Trinajstić information content (AvgIpc) is 2.84. The number of unbranched alkanes of at least 4 members (excludes halogenated alkanes) is 1. The Labute approximate surface area is 299 Å². The zero-order valence-electron chi connectivity index (χ0n) is 28.4. The highest BCUT2D eigenvalue weighted by atomic mass is 32.1. The zero-order chi connectivity index (χ0) is 32.1. The Morgan fingerprint density at radius 1 is 0.578 bits per heavy atom. The van der Waals surface area contributed by atoms with Crippen molar-refractivity contribution in [3.8, 4) is 0 Å². The van der Waals surface area contributed by atoms with Crippen molar-refractivity contribution in [2.45, 2.75) is 118 Å². The third kappa shape index (κ3) is 31.1. The van der Waals surface area contributed by atoms with Crippen molar-refractivity contribution in [2.24, 2.45) is 40.9 Å². The third-order valence-corrected chi connectivity index (χ3v) is 6.56. The van der Waals surface area contributed by atoms with Gasteiger partial charge in [-0.2, -0.15) is 54.0 Å². The maximum atomic E-state index is 12.4. The molecule has 4 atom stereocenters. The molecule has 3 amide bonds. The second-order valence-electron chi connectivity index (χ2n) is 11.7. The molecule has 0 saturated carbocycles. The van der Waals surface area contributed by atoms with E-state index in [1.54, 1.807) is 0 Å². The van der Waals surface area contributed by atoms with Gasteiger partial charge in [0, 0.05) is 38.5 Å². The Kier molecular flexibility index (Phi) is 40.7. The molecule has 0 aliphatic heterocycles. The lowest BCUT2D eigenvalue weighted by molar-refractivity contribution is -0.130. The van der Waals surface area contributed by atoms with Crippen LogP contribution in [0.4, 0.5) is 0 Å². The standard InChI is InChI=1S/C16H30N2O3.C14H27N3O3.4H2S/c1-11(2)9-14(12(3)19)10-16(21)15(18-13(4)20)7-5-6-8-17;1-9(2)7-11(14(16)20)8-13(19)12(5-4-6-15)17-10(3)18;;;;/h11,14-15H,5-10,17H2,1-4H3,(H,18,20);9,11-12H,4-8,15H2,1-3H3,(H2,16,20)(H,17,18);4*1H2/t14-,15+;11-,12+;;;;/m11..../s1. The van der Waals surface area contributed by atoms with Gasteiger partial charge in [0.2, 0.25) is 17.7 Å². The van der Waals surface area contributed by atoms with Crippen LogP contribution in [0.15, 0.2) is 0 Å². The largest absolute Gasteiger partial charge is 0.369 e. The van der Waals surface area contributed by atoms with E-state index in [0.717, 1.165) is 12.8 Å². The van der Waals surface area contributed by atoms with Gasteiger partial charge in [-0.3, -0.25) is 28.8 Å². The predicted octanol–water partition coefficient (Wildman–Crippen LogP) is 2.62. The fraction of sp³-hybridized carbons (Fsp3) is 0.800. The molecule has 0 aromatic carbocycles. The van der Waals surface area contributed by atoms with Gasteiger partial charge in [-0.15, -0.1) is 0 Å². The topological polar surface area (TPSA) is 205 Å². The number of hydrogen-bond donors (Lipinski definition) is 5. The summed E-state index contributed by atoms with van der Waals surface area (Å²) >= 11 is 0. The first-order chi connectivity index (χ1) is 19.0. The van der Waals surface area contributed by atoms with Gasteiger partial charge in [0.05, 0.1) is 12.1 Å². The van der Waals surface area contributed by atoms with Crippen LogP contribution in [0.1, 0.15) is 106 Å². The number of hydrogen-bond acceptors (Lipinski definition) is 8. The number of nitrogens with one attached hydrogen (secondary N) is 2. The number of nitrogens with two attached hydrogens (primary N) is 3. The fourth-order valence-corrected chi connectivity index (χ4v) is 4.53. The third-order valence-electron chi connectivity index (χ3n) is 6.56. The summed E-state index contributed by atoms with van der Waals surface area (Å²) in [4.78, 5) is 70.0. The average molecular weight is 720 g/mol. The van der Waals surface area contributed by atoms with E-state index < -0.39 is 23.9 Å². The Hall–Kier alpha value is -1.26. The number of amides is 3. The van der Waals surface area contributed by atoms with Gasteiger partial charge < -0.3 is 27.8 Å². The Morgan fingerprint density at radius 2 is 0.933 bits per heavy atom. The number of ketones is 3. The maximum absolute atomic E-state index is 12.4. The van der Waals surface area contributed by atoms with Crippen molar-refractivity contribution in [2.75, 3.05) is 13.1 Å². The molecule has 270 valence electrons. The van der Waals surface area contributed by atoms with Gasteiger partial charge >= 0.3 is 0 Å². The normalized spacial score (nSPS) is 12.6. The van der Waals surface area contributed by atoms with Gasteiger partial charge in [-0.05, 0) is 76.8 Å². The molecule has 0 saturated heterocycles. The Bertz CT molecular complexity index is 850. The number of Topliss-reactive ketones (excluding diaryl/α,β-unsaturated/α-hetero) is 3. The van der Waals surface area contributed by atoms with E-state index >= 15 is 0 Å². The van der Waals surface area contributed by atoms with Crippen LogP contribution < -0.4 is 27.8 Å². The lowest BCUT2D eigenvalue weighted by Gasteiger charge is -2.20. The minimum Gasteiger partial charge on any atom is -0.369 e. The van der Waals surface area contributed by atoms with E-state index in [0.29, 0.717) is 51.1 Å². The molecule has 0 heterocycles. The van der Waals surface area contributed by atoms with Crippen LogP contribution in [0.3, 0.4) is 0 Å². The molecule has 45 heavy (non-hydrogen) atoms. The molecule has 8 N–H and O–H groups in total. The monoisotopic (exact) mass is 719 g/mol. The van der Waals surface area contributed by atoms with Crippen LogP contribution in [0.2, 0.25) is 0 Å². The zero-order valence-corrected chi connectivity index (χ0v) is 32.4. The summed E-state index contributed by atoms with van der Waals surface area (Å²) in [7, 11) is 0. The molecule has 0 aromatic rings. The first kappa shape index (κ1) is 56.1. The van der Waals surface area contributed by atoms with Crippen molar-refractivity contribution in [3.05, 3.63) is 0 Å². The van der Waals surface area contributed by atoms with E-state index in [2.05, 4.69) is 10.6 Å². The first-order valence-electron chi connectivity index (χ1n) is 14.8. The van der Waals surface area contributed by atoms with Crippen molar-refractivity contribution < 1.29 is 28.8 Å². The Morgan fingerprint density at radius 3 is 1.24 bits per heavy atom. The smallest absolute Gasteiger partial charge is 0.220 e. The summed E-state index contributed by atoms with van der Waals surface area (Å²) in [5, 5.41) is 5.31. The highest BCUT2D eigenvalue weighted by Gasteiger charge is 2.27. The summed E-state index contributed by atoms with van der Waals surface area (Å²) in [6.07, 6.45) is 4.89. The van der Waals surface area contributed by atoms with Crippen LogP contribution in [0.25, 0.3) is 0 Å². The molecule has 0 unspecified atom stereocenters. The van der Waals surface area contributed by atoms with Crippen molar-refractivity contribution in [1.29, 1.82) is 0 Å². The molecule has 0 radical (unpaired) electrons. The summed E-state index contributed by atoms with van der Waals surface area (Å²) in [6, 6.07) is -1.08. The highest BCUT2D eigenvalue weighted by molar-refractivity contribution is 7.59. The molecule has 0 spiro atoms.